The maximum Gasteiger partial charge on any atom is 0.322 e. The molecular formula is C24H30FN3O5S2. The van der Waals surface area contributed by atoms with Gasteiger partial charge in [0.2, 0.25) is 15.9 Å². The Hall–Kier alpha value is -2.50. The number of aliphatic carboxylic acids is 1. The van der Waals surface area contributed by atoms with Crippen molar-refractivity contribution in [1.29, 1.82) is 0 Å². The number of amides is 1. The number of rotatable bonds is 9. The van der Waals surface area contributed by atoms with Crippen molar-refractivity contribution in [3.8, 4) is 0 Å². The van der Waals surface area contributed by atoms with Crippen LogP contribution in [0.15, 0.2) is 41.3 Å². The summed E-state index contributed by atoms with van der Waals surface area (Å²) in [5, 5.41) is 9.43. The third kappa shape index (κ3) is 6.80. The van der Waals surface area contributed by atoms with E-state index in [0.717, 1.165) is 55.6 Å². The number of carbonyl (C=O) groups is 2. The van der Waals surface area contributed by atoms with Crippen molar-refractivity contribution >= 4 is 35.4 Å². The van der Waals surface area contributed by atoms with Crippen molar-refractivity contribution in [1.82, 2.24) is 14.6 Å². The van der Waals surface area contributed by atoms with Crippen LogP contribution in [-0.4, -0.2) is 54.4 Å². The van der Waals surface area contributed by atoms with Crippen molar-refractivity contribution in [3.63, 3.8) is 0 Å². The highest BCUT2D eigenvalue weighted by molar-refractivity contribution is 7.89. The minimum absolute atomic E-state index is 0. The van der Waals surface area contributed by atoms with Gasteiger partial charge in [-0.2, -0.15) is 18.2 Å². The van der Waals surface area contributed by atoms with Gasteiger partial charge in [0.15, 0.2) is 0 Å². The maximum atomic E-state index is 13.1. The van der Waals surface area contributed by atoms with Crippen LogP contribution in [0.25, 0.3) is 0 Å². The number of fused-ring (bicyclic) bond motifs is 1. The number of carboxylic acids is 1. The van der Waals surface area contributed by atoms with E-state index < -0.39 is 40.2 Å². The molecule has 0 spiro atoms. The molecule has 1 aliphatic carbocycles. The molecule has 4 rings (SSSR count). The first-order chi connectivity index (χ1) is 16.2. The number of benzene rings is 1. The van der Waals surface area contributed by atoms with Gasteiger partial charge in [0.1, 0.15) is 11.9 Å². The maximum absolute atomic E-state index is 13.1. The lowest BCUT2D eigenvalue weighted by molar-refractivity contribution is -0.145. The lowest BCUT2D eigenvalue weighted by Gasteiger charge is -2.40. The van der Waals surface area contributed by atoms with Gasteiger partial charge in [0.05, 0.1) is 11.3 Å². The number of nitrogens with zero attached hydrogens (tertiary/aromatic N) is 2. The van der Waals surface area contributed by atoms with Crippen molar-refractivity contribution in [3.05, 3.63) is 59.2 Å². The second-order valence-corrected chi connectivity index (χ2v) is 10.7. The Kier molecular flexibility index (Phi) is 8.89. The summed E-state index contributed by atoms with van der Waals surface area (Å²) >= 11 is 0. The van der Waals surface area contributed by atoms with Gasteiger partial charge in [-0.1, -0.05) is 6.07 Å². The largest absolute Gasteiger partial charge is 0.480 e. The number of likely N-dealkylation sites (tertiary alicyclic amines) is 1. The van der Waals surface area contributed by atoms with Gasteiger partial charge in [-0.05, 0) is 80.3 Å². The lowest BCUT2D eigenvalue weighted by Crippen LogP contribution is -2.52. The number of hydrogen-bond acceptors (Lipinski definition) is 5. The fourth-order valence-electron chi connectivity index (χ4n) is 4.43. The Balaban J connectivity index is 0.00000342. The molecule has 11 heteroatoms. The average molecular weight is 524 g/mol. The summed E-state index contributed by atoms with van der Waals surface area (Å²) in [5.41, 5.74) is 3.61. The summed E-state index contributed by atoms with van der Waals surface area (Å²) in [6, 6.07) is 6.65. The fourth-order valence-corrected chi connectivity index (χ4v) is 5.62. The van der Waals surface area contributed by atoms with Gasteiger partial charge in [-0.15, -0.1) is 0 Å². The lowest BCUT2D eigenvalue weighted by atomic mass is 9.92. The fraction of sp³-hybridized carbons (Fsp3) is 0.458. The molecular weight excluding hydrogens is 493 g/mol. The number of nitrogens with one attached hydrogen (secondary N) is 1. The Bertz CT molecular complexity index is 1170. The minimum atomic E-state index is -4.21. The molecule has 1 saturated heterocycles. The molecule has 8 nitrogen and oxygen atoms in total. The van der Waals surface area contributed by atoms with Crippen LogP contribution in [0.5, 0.6) is 0 Å². The van der Waals surface area contributed by atoms with E-state index in [1.807, 2.05) is 4.72 Å². The molecule has 1 fully saturated rings. The molecule has 1 aromatic heterocycles. The summed E-state index contributed by atoms with van der Waals surface area (Å²) in [6.45, 7) is 1.03. The van der Waals surface area contributed by atoms with Gasteiger partial charge >= 0.3 is 5.97 Å². The summed E-state index contributed by atoms with van der Waals surface area (Å²) in [7, 11) is -4.21. The molecule has 0 unspecified atom stereocenters. The van der Waals surface area contributed by atoms with Gasteiger partial charge in [-0.3, -0.25) is 14.6 Å². The first-order valence-electron chi connectivity index (χ1n) is 11.5. The van der Waals surface area contributed by atoms with Gasteiger partial charge in [0.25, 0.3) is 0 Å². The third-order valence-corrected chi connectivity index (χ3v) is 7.94. The Morgan fingerprint density at radius 3 is 2.49 bits per heavy atom. The summed E-state index contributed by atoms with van der Waals surface area (Å²) < 4.78 is 40.0. The molecule has 1 aliphatic heterocycles. The van der Waals surface area contributed by atoms with E-state index in [0.29, 0.717) is 19.0 Å². The average Bonchev–Trinajstić information content (AvgIpc) is 2.77. The van der Waals surface area contributed by atoms with Crippen LogP contribution in [0.1, 0.15) is 42.6 Å². The molecule has 2 N–H and O–H groups in total. The minimum Gasteiger partial charge on any atom is -0.480 e. The zero-order valence-electron chi connectivity index (χ0n) is 19.2. The van der Waals surface area contributed by atoms with Crippen LogP contribution < -0.4 is 4.72 Å². The number of sulfonamides is 1. The van der Waals surface area contributed by atoms with Crippen LogP contribution in [-0.2, 0) is 38.9 Å². The van der Waals surface area contributed by atoms with Gasteiger partial charge in [-0.25, -0.2) is 12.8 Å². The van der Waals surface area contributed by atoms with Crippen molar-refractivity contribution < 1.29 is 27.5 Å². The number of pyridine rings is 1. The van der Waals surface area contributed by atoms with Crippen LogP contribution in [0.3, 0.4) is 0 Å². The van der Waals surface area contributed by atoms with Crippen LogP contribution in [0.4, 0.5) is 4.39 Å². The number of carbonyl (C=O) groups excluding carboxylic acids is 1. The molecule has 2 aromatic rings. The summed E-state index contributed by atoms with van der Waals surface area (Å²) in [6.07, 6.45) is 5.75. The molecule has 1 aromatic carbocycles. The topological polar surface area (TPSA) is 117 Å². The normalized spacial score (nSPS) is 16.5. The van der Waals surface area contributed by atoms with Crippen molar-refractivity contribution in [2.45, 2.75) is 55.9 Å². The zero-order chi connectivity index (χ0) is 24.3. The van der Waals surface area contributed by atoms with Crippen molar-refractivity contribution in [2.24, 2.45) is 5.92 Å². The second kappa shape index (κ2) is 11.5. The molecule has 0 bridgehead atoms. The zero-order valence-corrected chi connectivity index (χ0v) is 21.1. The Morgan fingerprint density at radius 2 is 1.80 bits per heavy atom. The third-order valence-electron chi connectivity index (χ3n) is 6.45. The number of aryl methyl sites for hydroxylation is 3. The predicted octanol–water partition coefficient (Wildman–Crippen LogP) is 2.43. The molecule has 0 saturated carbocycles. The Morgan fingerprint density at radius 1 is 1.11 bits per heavy atom. The molecule has 2 heterocycles. The smallest absolute Gasteiger partial charge is 0.322 e. The molecule has 1 amide bonds. The van der Waals surface area contributed by atoms with E-state index >= 15 is 0 Å². The summed E-state index contributed by atoms with van der Waals surface area (Å²) in [5.74, 6) is -2.17. The quantitative estimate of drug-likeness (QED) is 0.522. The number of carboxylic acid groups (broad SMARTS) is 1. The van der Waals surface area contributed by atoms with Crippen molar-refractivity contribution in [2.75, 3.05) is 13.1 Å². The van der Waals surface area contributed by atoms with Crippen LogP contribution >= 0.6 is 13.5 Å². The second-order valence-electron chi connectivity index (χ2n) is 8.99. The summed E-state index contributed by atoms with van der Waals surface area (Å²) in [4.78, 5) is 30.2. The van der Waals surface area contributed by atoms with Crippen LogP contribution in [0.2, 0.25) is 0 Å². The molecule has 2 aliphatic rings. The van der Waals surface area contributed by atoms with E-state index in [1.165, 1.54) is 24.1 Å². The van der Waals surface area contributed by atoms with E-state index in [9.17, 15) is 27.5 Å². The van der Waals surface area contributed by atoms with E-state index in [-0.39, 0.29) is 18.4 Å². The molecule has 190 valence electrons. The number of aromatic nitrogens is 1. The van der Waals surface area contributed by atoms with E-state index in [4.69, 9.17) is 4.98 Å². The van der Waals surface area contributed by atoms with E-state index in [2.05, 4.69) is 12.1 Å². The Labute approximate surface area is 211 Å². The molecule has 0 radical (unpaired) electrons. The first-order valence-corrected chi connectivity index (χ1v) is 13.0. The predicted molar refractivity (Wildman–Crippen MR) is 132 cm³/mol. The SMILES string of the molecule is O=C(O)[C@H](CC(=O)N1CC(CCc2ccc3c(n2)CCCC3)C1)NS(=O)(=O)c1ccc(F)cc1.S. The molecule has 1 atom stereocenters. The highest BCUT2D eigenvalue weighted by atomic mass is 32.2. The standard InChI is InChI=1S/C24H28FN3O5S.H2S/c25-18-7-11-20(12-8-18)34(32,33)27-22(24(30)31)13-23(29)28-14-16(15-28)5-9-19-10-6-17-3-1-2-4-21(17)26-19;/h6-8,10-12,16,22,27H,1-5,9,13-15H2,(H,30,31);1H2/t22-;/m0./s1. The highest BCUT2D eigenvalue weighted by Gasteiger charge is 2.34. The number of halogens is 1. The van der Waals surface area contributed by atoms with Gasteiger partial charge in [0, 0.05) is 24.5 Å². The first kappa shape index (κ1) is 27.1. The van der Waals surface area contributed by atoms with Gasteiger partial charge < -0.3 is 10.0 Å². The highest BCUT2D eigenvalue weighted by Crippen LogP contribution is 2.24. The number of hydrogen-bond donors (Lipinski definition) is 2. The van der Waals surface area contributed by atoms with Crippen LogP contribution in [0, 0.1) is 11.7 Å². The monoisotopic (exact) mass is 523 g/mol. The molecule has 35 heavy (non-hydrogen) atoms. The van der Waals surface area contributed by atoms with E-state index in [1.54, 1.807) is 4.90 Å².